The van der Waals surface area contributed by atoms with Crippen molar-refractivity contribution >= 4 is 23.2 Å². The molecule has 196 valence electrons. The summed E-state index contributed by atoms with van der Waals surface area (Å²) in [6, 6.07) is 5.38. The Morgan fingerprint density at radius 2 is 1.64 bits per heavy atom. The smallest absolute Gasteiger partial charge is 0.228 e. The fourth-order valence-electron chi connectivity index (χ4n) is 4.89. The van der Waals surface area contributed by atoms with Crippen LogP contribution in [0.25, 0.3) is 0 Å². The van der Waals surface area contributed by atoms with Crippen molar-refractivity contribution in [3.05, 3.63) is 45.9 Å². The Morgan fingerprint density at radius 3 is 2.28 bits per heavy atom. The maximum Gasteiger partial charge on any atom is 0.228 e. The summed E-state index contributed by atoms with van der Waals surface area (Å²) >= 11 is 1.53. The van der Waals surface area contributed by atoms with E-state index in [0.29, 0.717) is 45.8 Å². The van der Waals surface area contributed by atoms with Gasteiger partial charge in [0, 0.05) is 35.5 Å². The minimum atomic E-state index is -0.683. The molecule has 4 rings (SSSR count). The number of aromatic nitrogens is 1. The molecule has 2 amide bonds. The van der Waals surface area contributed by atoms with Crippen molar-refractivity contribution in [3.8, 4) is 5.75 Å². The van der Waals surface area contributed by atoms with Crippen LogP contribution in [0.3, 0.4) is 0 Å². The standard InChI is InChI=1S/C27H37N3O5S/c1-26(2,3)24(32)29-7-9-34-21(16-29)19-12-18(13-20(31)14-19)15-27(4,5)25(33)30-8-10-35-22(17-30)23-28-6-11-36-23/h6,11-14,21-22,31H,7-10,15-17H2,1-5H3. The lowest BCUT2D eigenvalue weighted by Crippen LogP contribution is -2.48. The number of aromatic hydroxyl groups is 1. The second kappa shape index (κ2) is 10.5. The molecule has 3 heterocycles. The first-order valence-electron chi connectivity index (χ1n) is 12.5. The number of ether oxygens (including phenoxy) is 2. The number of thiazole rings is 1. The van der Waals surface area contributed by atoms with Crippen LogP contribution in [0.15, 0.2) is 29.8 Å². The number of carbonyl (C=O) groups is 2. The number of rotatable bonds is 5. The quantitative estimate of drug-likeness (QED) is 0.648. The number of carbonyl (C=O) groups excluding carboxylic acids is 2. The number of hydrogen-bond donors (Lipinski definition) is 1. The van der Waals surface area contributed by atoms with Gasteiger partial charge >= 0.3 is 0 Å². The van der Waals surface area contributed by atoms with Crippen molar-refractivity contribution in [1.29, 1.82) is 0 Å². The van der Waals surface area contributed by atoms with E-state index in [1.807, 2.05) is 55.9 Å². The normalized spacial score (nSPS) is 21.5. The summed E-state index contributed by atoms with van der Waals surface area (Å²) in [6.45, 7) is 12.6. The van der Waals surface area contributed by atoms with Gasteiger partial charge < -0.3 is 24.4 Å². The second-order valence-corrected chi connectivity index (χ2v) is 12.3. The Morgan fingerprint density at radius 1 is 1.00 bits per heavy atom. The highest BCUT2D eigenvalue weighted by atomic mass is 32.1. The minimum absolute atomic E-state index is 0.0492. The highest BCUT2D eigenvalue weighted by Crippen LogP contribution is 2.33. The SMILES string of the molecule is CC(C)(C)C(=O)N1CCOC(c2cc(O)cc(CC(C)(C)C(=O)N3CCOC(c4nccs4)C3)c2)C1. The van der Waals surface area contributed by atoms with Crippen LogP contribution in [0.2, 0.25) is 0 Å². The summed E-state index contributed by atoms with van der Waals surface area (Å²) < 4.78 is 11.8. The van der Waals surface area contributed by atoms with Gasteiger partial charge in [0.1, 0.15) is 23.0 Å². The van der Waals surface area contributed by atoms with Crippen molar-refractivity contribution in [3.63, 3.8) is 0 Å². The second-order valence-electron chi connectivity index (χ2n) is 11.3. The van der Waals surface area contributed by atoms with Crippen molar-refractivity contribution in [2.45, 2.75) is 53.2 Å². The van der Waals surface area contributed by atoms with E-state index in [4.69, 9.17) is 9.47 Å². The minimum Gasteiger partial charge on any atom is -0.508 e. The molecule has 1 aromatic heterocycles. The third kappa shape index (κ3) is 6.07. The topological polar surface area (TPSA) is 92.2 Å². The van der Waals surface area contributed by atoms with Gasteiger partial charge in [-0.3, -0.25) is 9.59 Å². The molecule has 2 aliphatic rings. The zero-order chi connectivity index (χ0) is 26.1. The van der Waals surface area contributed by atoms with E-state index in [1.54, 1.807) is 18.3 Å². The lowest BCUT2D eigenvalue weighted by atomic mass is 9.83. The maximum atomic E-state index is 13.5. The highest BCUT2D eigenvalue weighted by Gasteiger charge is 2.37. The summed E-state index contributed by atoms with van der Waals surface area (Å²) in [4.78, 5) is 34.4. The number of nitrogens with zero attached hydrogens (tertiary/aromatic N) is 3. The van der Waals surface area contributed by atoms with Crippen LogP contribution in [-0.4, -0.2) is 71.1 Å². The van der Waals surface area contributed by atoms with E-state index in [9.17, 15) is 14.7 Å². The first-order chi connectivity index (χ1) is 16.9. The van der Waals surface area contributed by atoms with Crippen LogP contribution in [0, 0.1) is 10.8 Å². The van der Waals surface area contributed by atoms with E-state index >= 15 is 0 Å². The van der Waals surface area contributed by atoms with Crippen LogP contribution in [0.5, 0.6) is 5.75 Å². The van der Waals surface area contributed by atoms with Crippen LogP contribution >= 0.6 is 11.3 Å². The predicted molar refractivity (Wildman–Crippen MR) is 138 cm³/mol. The zero-order valence-electron chi connectivity index (χ0n) is 21.8. The Kier molecular flexibility index (Phi) is 7.73. The van der Waals surface area contributed by atoms with Gasteiger partial charge in [-0.1, -0.05) is 40.7 Å². The largest absolute Gasteiger partial charge is 0.508 e. The molecular formula is C27H37N3O5S. The van der Waals surface area contributed by atoms with Crippen LogP contribution < -0.4 is 0 Å². The third-order valence-corrected chi connectivity index (χ3v) is 7.54. The molecule has 2 aromatic rings. The van der Waals surface area contributed by atoms with Crippen LogP contribution in [0.1, 0.15) is 63.0 Å². The van der Waals surface area contributed by atoms with Gasteiger partial charge in [0.05, 0.1) is 26.3 Å². The molecule has 0 bridgehead atoms. The van der Waals surface area contributed by atoms with Crippen molar-refractivity contribution < 1.29 is 24.2 Å². The average Bonchev–Trinajstić information content (AvgIpc) is 3.37. The number of hydrogen-bond acceptors (Lipinski definition) is 7. The summed E-state index contributed by atoms with van der Waals surface area (Å²) in [5.74, 6) is 0.265. The first-order valence-corrected chi connectivity index (χ1v) is 13.4. The van der Waals surface area contributed by atoms with E-state index in [-0.39, 0.29) is 29.8 Å². The number of morpholine rings is 2. The lowest BCUT2D eigenvalue weighted by molar-refractivity contribution is -0.148. The van der Waals surface area contributed by atoms with Crippen LogP contribution in [0.4, 0.5) is 0 Å². The molecule has 9 heteroatoms. The average molecular weight is 516 g/mol. The summed E-state index contributed by atoms with van der Waals surface area (Å²) in [5.41, 5.74) is 0.525. The predicted octanol–water partition coefficient (Wildman–Crippen LogP) is 3.96. The third-order valence-electron chi connectivity index (χ3n) is 6.67. The Bertz CT molecular complexity index is 1080. The van der Waals surface area contributed by atoms with Gasteiger partial charge in [0.15, 0.2) is 0 Å². The molecule has 1 aromatic carbocycles. The lowest BCUT2D eigenvalue weighted by Gasteiger charge is -2.37. The van der Waals surface area contributed by atoms with Gasteiger partial charge in [-0.25, -0.2) is 4.98 Å². The summed E-state index contributed by atoms with van der Waals surface area (Å²) in [6.07, 6.45) is 1.69. The Hall–Kier alpha value is -2.49. The van der Waals surface area contributed by atoms with E-state index < -0.39 is 10.8 Å². The van der Waals surface area contributed by atoms with Gasteiger partial charge in [-0.2, -0.15) is 0 Å². The number of phenols is 1. The molecule has 1 N–H and O–H groups in total. The molecule has 2 atom stereocenters. The number of phenolic OH excluding ortho intramolecular Hbond substituents is 1. The molecule has 2 fully saturated rings. The zero-order valence-corrected chi connectivity index (χ0v) is 22.6. The molecule has 0 spiro atoms. The van der Waals surface area contributed by atoms with Crippen LogP contribution in [-0.2, 0) is 25.5 Å². The number of benzene rings is 1. The first kappa shape index (κ1) is 26.6. The molecule has 2 saturated heterocycles. The van der Waals surface area contributed by atoms with Gasteiger partial charge in [0.2, 0.25) is 11.8 Å². The van der Waals surface area contributed by atoms with Gasteiger partial charge in [0.25, 0.3) is 0 Å². The number of amides is 2. The molecule has 0 radical (unpaired) electrons. The Balaban J connectivity index is 1.46. The molecule has 36 heavy (non-hydrogen) atoms. The monoisotopic (exact) mass is 515 g/mol. The van der Waals surface area contributed by atoms with Gasteiger partial charge in [-0.05, 0) is 29.7 Å². The summed E-state index contributed by atoms with van der Waals surface area (Å²) in [5, 5.41) is 13.3. The molecule has 0 saturated carbocycles. The van der Waals surface area contributed by atoms with E-state index in [0.717, 1.165) is 16.1 Å². The maximum absolute atomic E-state index is 13.5. The Labute approximate surface area is 217 Å². The van der Waals surface area contributed by atoms with Crippen molar-refractivity contribution in [2.24, 2.45) is 10.8 Å². The molecular weight excluding hydrogens is 478 g/mol. The van der Waals surface area contributed by atoms with Crippen molar-refractivity contribution in [2.75, 3.05) is 39.4 Å². The van der Waals surface area contributed by atoms with Crippen molar-refractivity contribution in [1.82, 2.24) is 14.8 Å². The fourth-order valence-corrected chi connectivity index (χ4v) is 5.57. The molecule has 2 aliphatic heterocycles. The van der Waals surface area contributed by atoms with E-state index in [1.165, 1.54) is 11.3 Å². The van der Waals surface area contributed by atoms with E-state index in [2.05, 4.69) is 4.98 Å². The molecule has 0 aliphatic carbocycles. The molecule has 2 unspecified atom stereocenters. The summed E-state index contributed by atoms with van der Waals surface area (Å²) in [7, 11) is 0. The fraction of sp³-hybridized carbons (Fsp3) is 0.593. The highest BCUT2D eigenvalue weighted by molar-refractivity contribution is 7.09. The van der Waals surface area contributed by atoms with Gasteiger partial charge in [-0.15, -0.1) is 11.3 Å². The molecule has 8 nitrogen and oxygen atoms in total.